The fourth-order valence-electron chi connectivity index (χ4n) is 4.90. The third-order valence-corrected chi connectivity index (χ3v) is 10.3. The number of anilines is 4. The quantitative estimate of drug-likeness (QED) is 0.0825. The number of nitrogen functional groups attached to an aromatic ring is 2. The normalized spacial score (nSPS) is 11.2. The summed E-state index contributed by atoms with van der Waals surface area (Å²) in [6.07, 6.45) is 4.83. The average Bonchev–Trinajstić information content (AvgIpc) is 3.99. The van der Waals surface area contributed by atoms with Gasteiger partial charge >= 0.3 is 6.09 Å². The van der Waals surface area contributed by atoms with Gasteiger partial charge < -0.3 is 32.2 Å². The van der Waals surface area contributed by atoms with Gasteiger partial charge in [-0.1, -0.05) is 75.9 Å². The predicted molar refractivity (Wildman–Crippen MR) is 234 cm³/mol. The number of ketones is 1. The van der Waals surface area contributed by atoms with Gasteiger partial charge in [0.2, 0.25) is 10.3 Å². The maximum Gasteiger partial charge on any atom is 0.408 e. The summed E-state index contributed by atoms with van der Waals surface area (Å²) in [7, 11) is 3.61. The lowest BCUT2D eigenvalue weighted by molar-refractivity contribution is -0.120. The lowest BCUT2D eigenvalue weighted by Gasteiger charge is -2.23. The molecule has 0 radical (unpaired) electrons. The second kappa shape index (κ2) is 21.0. The van der Waals surface area contributed by atoms with Crippen LogP contribution in [0.15, 0.2) is 85.3 Å². The Bertz CT molecular complexity index is 2440. The molecule has 6 aromatic heterocycles. The van der Waals surface area contributed by atoms with E-state index in [4.69, 9.17) is 27.8 Å². The van der Waals surface area contributed by atoms with Crippen LogP contribution in [0.3, 0.4) is 0 Å². The zero-order valence-electron chi connectivity index (χ0n) is 32.6. The van der Waals surface area contributed by atoms with Crippen molar-refractivity contribution in [2.75, 3.05) is 36.2 Å². The number of rotatable bonds is 11. The molecular formula is C38H41ClN14O3S3. The molecule has 7 N–H and O–H groups in total. The van der Waals surface area contributed by atoms with Crippen LogP contribution in [0, 0.1) is 0 Å². The first-order chi connectivity index (χ1) is 28.3. The Labute approximate surface area is 357 Å². The van der Waals surface area contributed by atoms with Crippen LogP contribution >= 0.6 is 45.6 Å². The van der Waals surface area contributed by atoms with Crippen LogP contribution in [0.5, 0.6) is 0 Å². The molecule has 59 heavy (non-hydrogen) atoms. The molecule has 0 aliphatic heterocycles. The van der Waals surface area contributed by atoms with Crippen LogP contribution in [0.1, 0.15) is 31.3 Å². The topological polar surface area (TPSA) is 248 Å². The molecule has 7 rings (SSSR count). The van der Waals surface area contributed by atoms with Gasteiger partial charge in [0.05, 0.1) is 12.5 Å². The number of pyridine rings is 3. The maximum atomic E-state index is 13.1. The number of nitrogens with two attached hydrogens (primary N) is 2. The van der Waals surface area contributed by atoms with Crippen molar-refractivity contribution in [2.24, 2.45) is 0 Å². The summed E-state index contributed by atoms with van der Waals surface area (Å²) < 4.78 is 5.35. The zero-order valence-corrected chi connectivity index (χ0v) is 35.8. The monoisotopic (exact) mass is 872 g/mol. The second-order valence-electron chi connectivity index (χ2n) is 13.2. The molecule has 0 aliphatic rings. The number of nitrogens with zero attached hydrogens (tertiary/aromatic N) is 9. The number of benzene rings is 1. The molecule has 0 bridgehead atoms. The number of hydrogen-bond acceptors (Lipinski definition) is 19. The molecule has 0 saturated heterocycles. The minimum atomic E-state index is -0.739. The molecule has 0 fully saturated rings. The number of halogens is 1. The van der Waals surface area contributed by atoms with Gasteiger partial charge in [0, 0.05) is 49.4 Å². The Hall–Kier alpha value is -6.22. The highest BCUT2D eigenvalue weighted by Gasteiger charge is 2.26. The number of carbonyl (C=O) groups excluding carboxylic acids is 2. The third-order valence-electron chi connectivity index (χ3n) is 7.54. The molecule has 1 amide bonds. The van der Waals surface area contributed by atoms with Gasteiger partial charge in [0.1, 0.15) is 42.4 Å². The maximum absolute atomic E-state index is 13.1. The lowest BCUT2D eigenvalue weighted by Crippen LogP contribution is -2.45. The highest BCUT2D eigenvalue weighted by Crippen LogP contribution is 2.27. The SMILES string of the molecule is CNc1cc(-c2nnc(CC(=O)[C@H](Cc3ccccc3)NC(=O)OC(C)(C)C)s2)ccn1.CNc1cc(-c2nnc(N)s2)ccn1.Nc1nnc(-c2ccnc(Cl)c2)s1. The van der Waals surface area contributed by atoms with Gasteiger partial charge in [0.15, 0.2) is 5.78 Å². The number of hydrogen-bond donors (Lipinski definition) is 5. The van der Waals surface area contributed by atoms with Gasteiger partial charge in [-0.25, -0.2) is 19.7 Å². The largest absolute Gasteiger partial charge is 0.444 e. The van der Waals surface area contributed by atoms with Crippen LogP contribution in [0.25, 0.3) is 31.7 Å². The van der Waals surface area contributed by atoms with Crippen LogP contribution in [-0.2, 0) is 22.4 Å². The molecule has 0 spiro atoms. The number of alkyl carbamates (subject to hydrolysis) is 1. The van der Waals surface area contributed by atoms with Crippen LogP contribution in [-0.4, -0.2) is 83.2 Å². The number of ether oxygens (including phenoxy) is 1. The van der Waals surface area contributed by atoms with Gasteiger partial charge in [-0.3, -0.25) is 4.79 Å². The zero-order chi connectivity index (χ0) is 42.4. The smallest absolute Gasteiger partial charge is 0.408 e. The number of nitrogens with one attached hydrogen (secondary N) is 3. The van der Waals surface area contributed by atoms with E-state index in [1.807, 2.05) is 67.7 Å². The number of carbonyl (C=O) groups is 2. The summed E-state index contributed by atoms with van der Waals surface area (Å²) in [6, 6.07) is 19.8. The summed E-state index contributed by atoms with van der Waals surface area (Å²) in [5, 5.41) is 36.6. The summed E-state index contributed by atoms with van der Waals surface area (Å²) in [5.41, 5.74) is 14.0. The minimum absolute atomic E-state index is 0.0644. The van der Waals surface area contributed by atoms with Crippen molar-refractivity contribution in [3.05, 3.63) is 101 Å². The molecule has 17 nitrogen and oxygen atoms in total. The number of amides is 1. The standard InChI is InChI=1S/C23H27N5O3S.C8H9N5S.C7H5ClN4S/c1-23(2,3)31-22(30)26-17(12-15-8-6-5-7-9-15)18(29)14-20-27-28-21(32-20)16-10-11-25-19(13-16)24-4;1-10-6-4-5(2-3-11-6)7-12-13-8(9)14-7;8-5-3-4(1-2-10-5)6-11-12-7(9)13-6/h5-11,13,17H,12,14H2,1-4H3,(H,24,25)(H,26,30);2-4H,1H3,(H2,9,13)(H,10,11);1-3H,(H2,9,12)/t17-;;/m0../s1. The van der Waals surface area contributed by atoms with Crippen molar-refractivity contribution in [2.45, 2.75) is 45.3 Å². The van der Waals surface area contributed by atoms with E-state index in [2.05, 4.69) is 61.5 Å². The van der Waals surface area contributed by atoms with E-state index in [1.54, 1.807) is 52.5 Å². The van der Waals surface area contributed by atoms with Crippen molar-refractivity contribution in [3.8, 4) is 31.7 Å². The van der Waals surface area contributed by atoms with Crippen molar-refractivity contribution in [3.63, 3.8) is 0 Å². The Morgan fingerprint density at radius 1 is 0.712 bits per heavy atom. The van der Waals surface area contributed by atoms with E-state index >= 15 is 0 Å². The Kier molecular flexibility index (Phi) is 15.6. The average molecular weight is 873 g/mol. The third kappa shape index (κ3) is 14.0. The molecule has 7 aromatic rings. The predicted octanol–water partition coefficient (Wildman–Crippen LogP) is 6.95. The molecule has 1 atom stereocenters. The minimum Gasteiger partial charge on any atom is -0.444 e. The van der Waals surface area contributed by atoms with E-state index in [1.165, 1.54) is 34.0 Å². The second-order valence-corrected chi connectivity index (χ2v) is 16.6. The molecule has 0 saturated carbocycles. The van der Waals surface area contributed by atoms with Crippen LogP contribution in [0.4, 0.5) is 26.7 Å². The highest BCUT2D eigenvalue weighted by atomic mass is 35.5. The van der Waals surface area contributed by atoms with Crippen molar-refractivity contribution < 1.29 is 14.3 Å². The molecule has 0 aliphatic carbocycles. The van der Waals surface area contributed by atoms with Crippen LogP contribution in [0.2, 0.25) is 5.15 Å². The molecule has 6 heterocycles. The Morgan fingerprint density at radius 2 is 1.22 bits per heavy atom. The van der Waals surface area contributed by atoms with Crippen LogP contribution < -0.4 is 27.4 Å². The Morgan fingerprint density at radius 3 is 1.71 bits per heavy atom. The molecule has 306 valence electrons. The van der Waals surface area contributed by atoms with Crippen molar-refractivity contribution in [1.29, 1.82) is 0 Å². The molecular weight excluding hydrogens is 832 g/mol. The first-order valence-electron chi connectivity index (χ1n) is 17.7. The van der Waals surface area contributed by atoms with Crippen molar-refractivity contribution >= 4 is 79.4 Å². The first-order valence-corrected chi connectivity index (χ1v) is 20.6. The fourth-order valence-corrected chi connectivity index (χ4v) is 7.13. The number of aromatic nitrogens is 9. The summed E-state index contributed by atoms with van der Waals surface area (Å²) in [6.45, 7) is 5.34. The highest BCUT2D eigenvalue weighted by molar-refractivity contribution is 7.18. The Balaban J connectivity index is 0.000000199. The summed E-state index contributed by atoms with van der Waals surface area (Å²) >= 11 is 9.74. The van der Waals surface area contributed by atoms with E-state index in [0.29, 0.717) is 31.9 Å². The van der Waals surface area contributed by atoms with E-state index in [9.17, 15) is 9.59 Å². The van der Waals surface area contributed by atoms with Gasteiger partial charge in [-0.05, 0) is 69.2 Å². The molecule has 1 aromatic carbocycles. The van der Waals surface area contributed by atoms with E-state index < -0.39 is 17.7 Å². The van der Waals surface area contributed by atoms with Gasteiger partial charge in [-0.15, -0.1) is 30.6 Å². The van der Waals surface area contributed by atoms with E-state index in [-0.39, 0.29) is 12.2 Å². The fraction of sp³-hybridized carbons (Fsp3) is 0.237. The van der Waals surface area contributed by atoms with Crippen molar-refractivity contribution in [1.82, 2.24) is 50.9 Å². The molecule has 21 heteroatoms. The van der Waals surface area contributed by atoms with Gasteiger partial charge in [-0.2, -0.15) is 0 Å². The molecule has 0 unspecified atom stereocenters. The summed E-state index contributed by atoms with van der Waals surface area (Å²) in [5.74, 6) is 1.36. The lowest BCUT2D eigenvalue weighted by atomic mass is 10.0. The number of Topliss-reactive ketones (excluding diaryl/α,β-unsaturated/α-hetero) is 1. The van der Waals surface area contributed by atoms with Gasteiger partial charge in [0.25, 0.3) is 0 Å². The first kappa shape index (κ1) is 43.9. The van der Waals surface area contributed by atoms with E-state index in [0.717, 1.165) is 43.9 Å². The summed E-state index contributed by atoms with van der Waals surface area (Å²) in [4.78, 5) is 37.6.